The number of nitrogens with zero attached hydrogens (tertiary/aromatic N) is 1. The number of thioether (sulfide) groups is 1. The van der Waals surface area contributed by atoms with E-state index in [1.54, 1.807) is 18.4 Å². The van der Waals surface area contributed by atoms with Crippen LogP contribution in [-0.4, -0.2) is 29.5 Å². The number of hydrogen-bond acceptors (Lipinski definition) is 6. The number of rotatable bonds is 7. The van der Waals surface area contributed by atoms with E-state index in [0.29, 0.717) is 16.4 Å². The first kappa shape index (κ1) is 21.0. The van der Waals surface area contributed by atoms with E-state index in [1.807, 2.05) is 12.1 Å². The van der Waals surface area contributed by atoms with Gasteiger partial charge < -0.3 is 4.74 Å². The lowest BCUT2D eigenvalue weighted by atomic mass is 9.84. The van der Waals surface area contributed by atoms with Crippen LogP contribution < -0.4 is 0 Å². The van der Waals surface area contributed by atoms with Crippen LogP contribution >= 0.6 is 11.8 Å². The first-order valence-electron chi connectivity index (χ1n) is 9.62. The molecule has 0 aromatic heterocycles. The van der Waals surface area contributed by atoms with E-state index in [1.165, 1.54) is 67.6 Å². The fraction of sp³-hybridized carbons (Fsp3) is 0.364. The topological polar surface area (TPSA) is 86.5 Å². The Hall–Kier alpha value is -2.67. The Balaban J connectivity index is 1.60. The molecule has 152 valence electrons. The minimum absolute atomic E-state index is 0.0509. The van der Waals surface area contributed by atoms with Gasteiger partial charge in [0, 0.05) is 11.6 Å². The summed E-state index contributed by atoms with van der Waals surface area (Å²) in [6, 6.07) is 11.7. The summed E-state index contributed by atoms with van der Waals surface area (Å²) in [5.41, 5.74) is 1.63. The van der Waals surface area contributed by atoms with E-state index < -0.39 is 17.5 Å². The summed E-state index contributed by atoms with van der Waals surface area (Å²) < 4.78 is 5.08. The normalized spacial score (nSPS) is 14.4. The van der Waals surface area contributed by atoms with Gasteiger partial charge in [-0.2, -0.15) is 0 Å². The van der Waals surface area contributed by atoms with Crippen molar-refractivity contribution in [3.63, 3.8) is 0 Å². The second-order valence-electron chi connectivity index (χ2n) is 7.10. The zero-order valence-electron chi connectivity index (χ0n) is 16.3. The number of nitro benzene ring substituents is 1. The first-order valence-corrected chi connectivity index (χ1v) is 10.8. The third kappa shape index (κ3) is 5.23. The number of esters is 1. The van der Waals surface area contributed by atoms with Crippen molar-refractivity contribution in [3.8, 4) is 0 Å². The SMILES string of the molecule is CSc1ccc(C(=O)OCC(=O)c2ccc(C3CCCCC3)cc2)cc1[N+](=O)[O-]. The van der Waals surface area contributed by atoms with E-state index in [4.69, 9.17) is 4.74 Å². The molecule has 0 saturated heterocycles. The van der Waals surface area contributed by atoms with Crippen LogP contribution in [0.1, 0.15) is 64.3 Å². The molecule has 0 spiro atoms. The van der Waals surface area contributed by atoms with Gasteiger partial charge in [0.05, 0.1) is 15.4 Å². The highest BCUT2D eigenvalue weighted by molar-refractivity contribution is 7.98. The summed E-state index contributed by atoms with van der Waals surface area (Å²) >= 11 is 1.22. The molecular weight excluding hydrogens is 390 g/mol. The van der Waals surface area contributed by atoms with Gasteiger partial charge in [-0.3, -0.25) is 14.9 Å². The van der Waals surface area contributed by atoms with Crippen LogP contribution in [0.15, 0.2) is 47.4 Å². The molecule has 0 bridgehead atoms. The van der Waals surface area contributed by atoms with Crippen LogP contribution in [0.3, 0.4) is 0 Å². The maximum atomic E-state index is 12.4. The Bertz CT molecular complexity index is 904. The van der Waals surface area contributed by atoms with Crippen LogP contribution in [0.25, 0.3) is 0 Å². The first-order chi connectivity index (χ1) is 14.0. The lowest BCUT2D eigenvalue weighted by molar-refractivity contribution is -0.387. The summed E-state index contributed by atoms with van der Waals surface area (Å²) in [5.74, 6) is -0.498. The van der Waals surface area contributed by atoms with Crippen molar-refractivity contribution in [2.45, 2.75) is 42.9 Å². The van der Waals surface area contributed by atoms with Gasteiger partial charge in [0.15, 0.2) is 12.4 Å². The predicted octanol–water partition coefficient (Wildman–Crippen LogP) is 5.40. The van der Waals surface area contributed by atoms with Gasteiger partial charge in [-0.1, -0.05) is 43.5 Å². The predicted molar refractivity (Wildman–Crippen MR) is 112 cm³/mol. The molecule has 1 aliphatic carbocycles. The van der Waals surface area contributed by atoms with Gasteiger partial charge in [0.1, 0.15) is 0 Å². The molecule has 0 heterocycles. The van der Waals surface area contributed by atoms with Crippen LogP contribution in [-0.2, 0) is 4.74 Å². The van der Waals surface area contributed by atoms with E-state index in [9.17, 15) is 19.7 Å². The average molecular weight is 413 g/mol. The van der Waals surface area contributed by atoms with Gasteiger partial charge in [0.25, 0.3) is 5.69 Å². The summed E-state index contributed by atoms with van der Waals surface area (Å²) in [4.78, 5) is 35.6. The molecule has 6 nitrogen and oxygen atoms in total. The molecule has 1 aliphatic rings. The maximum Gasteiger partial charge on any atom is 0.338 e. The van der Waals surface area contributed by atoms with Gasteiger partial charge in [-0.05, 0) is 42.7 Å². The minimum Gasteiger partial charge on any atom is -0.454 e. The second-order valence-corrected chi connectivity index (χ2v) is 7.95. The van der Waals surface area contributed by atoms with Gasteiger partial charge >= 0.3 is 5.97 Å². The highest BCUT2D eigenvalue weighted by Crippen LogP contribution is 2.32. The van der Waals surface area contributed by atoms with Crippen molar-refractivity contribution in [1.82, 2.24) is 0 Å². The maximum absolute atomic E-state index is 12.4. The fourth-order valence-corrected chi connectivity index (χ4v) is 4.18. The Morgan fingerprint density at radius 3 is 2.34 bits per heavy atom. The number of ketones is 1. The Morgan fingerprint density at radius 1 is 1.07 bits per heavy atom. The molecule has 1 saturated carbocycles. The third-order valence-electron chi connectivity index (χ3n) is 5.25. The lowest BCUT2D eigenvalue weighted by Crippen LogP contribution is -2.14. The van der Waals surface area contributed by atoms with Gasteiger partial charge in [-0.25, -0.2) is 4.79 Å². The molecule has 2 aromatic carbocycles. The number of nitro groups is 1. The molecule has 0 amide bonds. The molecule has 7 heteroatoms. The standard InChI is InChI=1S/C22H23NO5S/c1-29-21-12-11-18(13-19(21)23(26)27)22(25)28-14-20(24)17-9-7-16(8-10-17)15-5-3-2-4-6-15/h7-13,15H,2-6,14H2,1H3. The highest BCUT2D eigenvalue weighted by atomic mass is 32.2. The average Bonchev–Trinajstić information content (AvgIpc) is 2.77. The zero-order valence-corrected chi connectivity index (χ0v) is 17.1. The molecule has 3 rings (SSSR count). The molecular formula is C22H23NO5S. The van der Waals surface area contributed by atoms with Crippen molar-refractivity contribution < 1.29 is 19.2 Å². The van der Waals surface area contributed by atoms with Crippen LogP contribution in [0.4, 0.5) is 5.69 Å². The Kier molecular flexibility index (Phi) is 7.04. The van der Waals surface area contributed by atoms with Crippen molar-refractivity contribution in [3.05, 3.63) is 69.3 Å². The molecule has 0 N–H and O–H groups in total. The van der Waals surface area contributed by atoms with E-state index in [2.05, 4.69) is 0 Å². The molecule has 2 aromatic rings. The van der Waals surface area contributed by atoms with Crippen LogP contribution in [0.2, 0.25) is 0 Å². The molecule has 0 radical (unpaired) electrons. The van der Waals surface area contributed by atoms with Gasteiger partial charge in [0.2, 0.25) is 0 Å². The van der Waals surface area contributed by atoms with E-state index in [0.717, 1.165) is 0 Å². The number of hydrogen-bond donors (Lipinski definition) is 0. The van der Waals surface area contributed by atoms with Crippen LogP contribution in [0, 0.1) is 10.1 Å². The van der Waals surface area contributed by atoms with Crippen molar-refractivity contribution in [1.29, 1.82) is 0 Å². The van der Waals surface area contributed by atoms with Crippen molar-refractivity contribution >= 4 is 29.2 Å². The molecule has 0 atom stereocenters. The van der Waals surface area contributed by atoms with E-state index >= 15 is 0 Å². The largest absolute Gasteiger partial charge is 0.454 e. The van der Waals surface area contributed by atoms with E-state index in [-0.39, 0.29) is 17.0 Å². The summed E-state index contributed by atoms with van der Waals surface area (Å²) in [6.45, 7) is -0.403. The number of ether oxygens (including phenoxy) is 1. The summed E-state index contributed by atoms with van der Waals surface area (Å²) in [6.07, 6.45) is 7.88. The Labute approximate surface area is 173 Å². The lowest BCUT2D eigenvalue weighted by Gasteiger charge is -2.22. The van der Waals surface area contributed by atoms with Crippen LogP contribution in [0.5, 0.6) is 0 Å². The Morgan fingerprint density at radius 2 is 1.72 bits per heavy atom. The quantitative estimate of drug-likeness (QED) is 0.198. The molecule has 0 aliphatic heterocycles. The zero-order chi connectivity index (χ0) is 20.8. The van der Waals surface area contributed by atoms with Crippen molar-refractivity contribution in [2.75, 3.05) is 12.9 Å². The van der Waals surface area contributed by atoms with Gasteiger partial charge in [-0.15, -0.1) is 11.8 Å². The molecule has 1 fully saturated rings. The molecule has 0 unspecified atom stereocenters. The third-order valence-corrected chi connectivity index (χ3v) is 6.04. The smallest absolute Gasteiger partial charge is 0.338 e. The highest BCUT2D eigenvalue weighted by Gasteiger charge is 2.19. The fourth-order valence-electron chi connectivity index (χ4n) is 3.63. The minimum atomic E-state index is -0.757. The number of benzene rings is 2. The molecule has 29 heavy (non-hydrogen) atoms. The van der Waals surface area contributed by atoms with Crippen molar-refractivity contribution in [2.24, 2.45) is 0 Å². The second kappa shape index (κ2) is 9.69. The number of carbonyl (C=O) groups is 2. The summed E-state index contributed by atoms with van der Waals surface area (Å²) in [7, 11) is 0. The monoisotopic (exact) mass is 413 g/mol. The number of Topliss-reactive ketones (excluding diaryl/α,β-unsaturated/α-hetero) is 1. The summed E-state index contributed by atoms with van der Waals surface area (Å²) in [5, 5.41) is 11.1. The number of carbonyl (C=O) groups excluding carboxylic acids is 2.